The third-order valence-corrected chi connectivity index (χ3v) is 9.32. The normalized spacial score (nSPS) is 11.6. The summed E-state index contributed by atoms with van der Waals surface area (Å²) >= 11 is 0. The zero-order valence-corrected chi connectivity index (χ0v) is 26.7. The molecule has 5 heteroatoms. The van der Waals surface area contributed by atoms with E-state index in [0.29, 0.717) is 17.5 Å². The van der Waals surface area contributed by atoms with Gasteiger partial charge in [-0.05, 0) is 64.7 Å². The fraction of sp³-hybridized carbons (Fsp3) is 0. The molecule has 5 nitrogen and oxygen atoms in total. The molecule has 234 valence electrons. The van der Waals surface area contributed by atoms with Gasteiger partial charge in [0.2, 0.25) is 0 Å². The summed E-state index contributed by atoms with van der Waals surface area (Å²) in [5.41, 5.74) is 10.3. The Labute approximate surface area is 287 Å². The third kappa shape index (κ3) is 4.67. The quantitative estimate of drug-likeness (QED) is 0.187. The smallest absolute Gasteiger partial charge is 0.164 e. The monoisotopic (exact) mass is 641 g/mol. The Balaban J connectivity index is 1.28. The molecule has 50 heavy (non-hydrogen) atoms. The Kier molecular flexibility index (Phi) is 6.42. The Hall–Kier alpha value is -6.85. The lowest BCUT2D eigenvalue weighted by Gasteiger charge is -2.13. The fourth-order valence-corrected chi connectivity index (χ4v) is 7.04. The van der Waals surface area contributed by atoms with Crippen LogP contribution in [0.25, 0.3) is 100 Å². The minimum absolute atomic E-state index is 0.592. The number of rotatable bonds is 5. The van der Waals surface area contributed by atoms with E-state index in [0.717, 1.165) is 82.8 Å². The standard InChI is InChI=1S/C45H27N3O2/c1-3-13-28(14-4-1)43-46-44(29-15-5-2-6-16-29)48-45(47-43)32-26-30(33-19-11-23-39-41(33)35-17-7-9-21-37(35)49-39)25-31(27-32)34-20-12-24-40-42(34)36-18-8-10-22-38(36)50-40/h1-27H. The van der Waals surface area contributed by atoms with Gasteiger partial charge in [-0.3, -0.25) is 0 Å². The van der Waals surface area contributed by atoms with Crippen molar-refractivity contribution in [3.63, 3.8) is 0 Å². The summed E-state index contributed by atoms with van der Waals surface area (Å²) < 4.78 is 12.6. The van der Waals surface area contributed by atoms with Crippen LogP contribution in [-0.4, -0.2) is 15.0 Å². The minimum atomic E-state index is 0.592. The Bertz CT molecular complexity index is 2680. The second-order valence-corrected chi connectivity index (χ2v) is 12.4. The summed E-state index contributed by atoms with van der Waals surface area (Å²) in [4.78, 5) is 15.2. The number of aromatic nitrogens is 3. The highest BCUT2D eigenvalue weighted by atomic mass is 16.3. The molecule has 0 saturated carbocycles. The molecule has 0 amide bonds. The number of fused-ring (bicyclic) bond motifs is 6. The molecule has 0 bridgehead atoms. The molecule has 0 fully saturated rings. The van der Waals surface area contributed by atoms with Crippen LogP contribution in [0.5, 0.6) is 0 Å². The van der Waals surface area contributed by atoms with Gasteiger partial charge in [0, 0.05) is 38.2 Å². The van der Waals surface area contributed by atoms with Crippen LogP contribution in [0.4, 0.5) is 0 Å². The van der Waals surface area contributed by atoms with Crippen LogP contribution in [0, 0.1) is 0 Å². The maximum absolute atomic E-state index is 6.32. The van der Waals surface area contributed by atoms with Gasteiger partial charge in [-0.25, -0.2) is 15.0 Å². The Morgan fingerprint density at radius 3 is 1.16 bits per heavy atom. The number of benzene rings is 7. The second-order valence-electron chi connectivity index (χ2n) is 12.4. The van der Waals surface area contributed by atoms with E-state index in [1.807, 2.05) is 97.1 Å². The average molecular weight is 642 g/mol. The first kappa shape index (κ1) is 28.2. The van der Waals surface area contributed by atoms with Crippen LogP contribution in [0.1, 0.15) is 0 Å². The molecule has 0 atom stereocenters. The molecule has 0 unspecified atom stereocenters. The molecule has 0 N–H and O–H groups in total. The molecule has 0 spiro atoms. The molecule has 3 heterocycles. The lowest BCUT2D eigenvalue weighted by Crippen LogP contribution is -2.00. The van der Waals surface area contributed by atoms with Crippen molar-refractivity contribution in [2.45, 2.75) is 0 Å². The molecule has 0 aliphatic heterocycles. The molecular formula is C45H27N3O2. The van der Waals surface area contributed by atoms with E-state index in [4.69, 9.17) is 23.8 Å². The lowest BCUT2D eigenvalue weighted by molar-refractivity contribution is 0.668. The lowest BCUT2D eigenvalue weighted by atomic mass is 9.92. The van der Waals surface area contributed by atoms with Gasteiger partial charge in [-0.2, -0.15) is 0 Å². The first-order valence-electron chi connectivity index (χ1n) is 16.6. The zero-order valence-electron chi connectivity index (χ0n) is 26.7. The van der Waals surface area contributed by atoms with Crippen molar-refractivity contribution in [3.05, 3.63) is 164 Å². The molecule has 10 rings (SSSR count). The number of hydrogen-bond donors (Lipinski definition) is 0. The van der Waals surface area contributed by atoms with Gasteiger partial charge in [0.1, 0.15) is 22.3 Å². The van der Waals surface area contributed by atoms with Crippen molar-refractivity contribution in [3.8, 4) is 56.4 Å². The van der Waals surface area contributed by atoms with Gasteiger partial charge in [0.25, 0.3) is 0 Å². The zero-order chi connectivity index (χ0) is 33.0. The van der Waals surface area contributed by atoms with E-state index in [1.54, 1.807) is 0 Å². The number of nitrogens with zero attached hydrogens (tertiary/aromatic N) is 3. The van der Waals surface area contributed by atoms with Gasteiger partial charge in [0.15, 0.2) is 17.5 Å². The van der Waals surface area contributed by atoms with E-state index in [9.17, 15) is 0 Å². The highest BCUT2D eigenvalue weighted by Gasteiger charge is 2.19. The van der Waals surface area contributed by atoms with Crippen molar-refractivity contribution in [1.82, 2.24) is 15.0 Å². The molecule has 0 aliphatic rings. The highest BCUT2D eigenvalue weighted by molar-refractivity contribution is 6.14. The Morgan fingerprint density at radius 1 is 0.300 bits per heavy atom. The molecule has 10 aromatic rings. The van der Waals surface area contributed by atoms with Gasteiger partial charge < -0.3 is 8.83 Å². The molecule has 7 aromatic carbocycles. The molecular weight excluding hydrogens is 615 g/mol. The maximum atomic E-state index is 6.32. The van der Waals surface area contributed by atoms with Crippen molar-refractivity contribution >= 4 is 43.9 Å². The van der Waals surface area contributed by atoms with E-state index >= 15 is 0 Å². The maximum Gasteiger partial charge on any atom is 0.164 e. The van der Waals surface area contributed by atoms with Crippen LogP contribution < -0.4 is 0 Å². The van der Waals surface area contributed by atoms with E-state index in [2.05, 4.69) is 66.7 Å². The van der Waals surface area contributed by atoms with Crippen molar-refractivity contribution in [2.24, 2.45) is 0 Å². The number of para-hydroxylation sites is 2. The summed E-state index contributed by atoms with van der Waals surface area (Å²) in [6, 6.07) is 55.7. The summed E-state index contributed by atoms with van der Waals surface area (Å²) in [5, 5.41) is 4.30. The largest absolute Gasteiger partial charge is 0.456 e. The highest BCUT2D eigenvalue weighted by Crippen LogP contribution is 2.42. The van der Waals surface area contributed by atoms with Crippen molar-refractivity contribution in [2.75, 3.05) is 0 Å². The molecule has 3 aromatic heterocycles. The van der Waals surface area contributed by atoms with Crippen LogP contribution >= 0.6 is 0 Å². The van der Waals surface area contributed by atoms with E-state index < -0.39 is 0 Å². The average Bonchev–Trinajstić information content (AvgIpc) is 3.77. The first-order chi connectivity index (χ1) is 24.8. The summed E-state index contributed by atoms with van der Waals surface area (Å²) in [6.45, 7) is 0. The van der Waals surface area contributed by atoms with Crippen LogP contribution in [-0.2, 0) is 0 Å². The van der Waals surface area contributed by atoms with Crippen LogP contribution in [0.2, 0.25) is 0 Å². The molecule has 0 saturated heterocycles. The SMILES string of the molecule is c1ccc(-c2nc(-c3ccccc3)nc(-c3cc(-c4cccc5oc6ccccc6c45)cc(-c4cccc5oc6ccccc6c45)c3)n2)cc1. The fourth-order valence-electron chi connectivity index (χ4n) is 7.04. The molecule has 0 aliphatic carbocycles. The summed E-state index contributed by atoms with van der Waals surface area (Å²) in [5.74, 6) is 1.83. The number of hydrogen-bond acceptors (Lipinski definition) is 5. The van der Waals surface area contributed by atoms with Gasteiger partial charge in [0.05, 0.1) is 0 Å². The summed E-state index contributed by atoms with van der Waals surface area (Å²) in [7, 11) is 0. The van der Waals surface area contributed by atoms with Gasteiger partial charge in [-0.15, -0.1) is 0 Å². The Morgan fingerprint density at radius 2 is 0.680 bits per heavy atom. The minimum Gasteiger partial charge on any atom is -0.456 e. The van der Waals surface area contributed by atoms with Crippen LogP contribution in [0.3, 0.4) is 0 Å². The van der Waals surface area contributed by atoms with E-state index in [1.165, 1.54) is 0 Å². The van der Waals surface area contributed by atoms with Crippen LogP contribution in [0.15, 0.2) is 173 Å². The van der Waals surface area contributed by atoms with E-state index in [-0.39, 0.29) is 0 Å². The predicted octanol–water partition coefficient (Wildman–Crippen LogP) is 12.0. The van der Waals surface area contributed by atoms with Crippen molar-refractivity contribution < 1.29 is 8.83 Å². The number of furan rings is 2. The predicted molar refractivity (Wildman–Crippen MR) is 202 cm³/mol. The summed E-state index contributed by atoms with van der Waals surface area (Å²) in [6.07, 6.45) is 0. The first-order valence-corrected chi connectivity index (χ1v) is 16.6. The molecule has 0 radical (unpaired) electrons. The second kappa shape index (κ2) is 11.4. The topological polar surface area (TPSA) is 65.0 Å². The third-order valence-electron chi connectivity index (χ3n) is 9.32. The van der Waals surface area contributed by atoms with Crippen molar-refractivity contribution in [1.29, 1.82) is 0 Å². The van der Waals surface area contributed by atoms with Gasteiger partial charge in [-0.1, -0.05) is 121 Å². The van der Waals surface area contributed by atoms with Gasteiger partial charge >= 0.3 is 0 Å².